The van der Waals surface area contributed by atoms with E-state index in [1.54, 1.807) is 0 Å². The van der Waals surface area contributed by atoms with Crippen LogP contribution in [0.2, 0.25) is 0 Å². The highest BCUT2D eigenvalue weighted by molar-refractivity contribution is 7.99. The summed E-state index contributed by atoms with van der Waals surface area (Å²) in [7, 11) is 0. The molecule has 0 spiro atoms. The fourth-order valence-electron chi connectivity index (χ4n) is 3.82. The van der Waals surface area contributed by atoms with E-state index in [-0.39, 0.29) is 0 Å². The second-order valence-electron chi connectivity index (χ2n) is 8.31. The molecule has 0 nitrogen and oxygen atoms in total. The first-order valence-corrected chi connectivity index (χ1v) is 13.0. The van der Waals surface area contributed by atoms with Crippen molar-refractivity contribution in [3.8, 4) is 0 Å². The zero-order valence-electron chi connectivity index (χ0n) is 18.4. The smallest absolute Gasteiger partial charge is 0.00720 e. The largest absolute Gasteiger partial charge is 0.126 e. The van der Waals surface area contributed by atoms with E-state index < -0.39 is 0 Å². The average molecular weight is 391 g/mol. The fraction of sp³-hybridized carbons (Fsp3) is 0.769. The molecule has 0 aliphatic rings. The van der Waals surface area contributed by atoms with E-state index in [2.05, 4.69) is 55.9 Å². The summed E-state index contributed by atoms with van der Waals surface area (Å²) in [5.74, 6) is 2.23. The summed E-state index contributed by atoms with van der Waals surface area (Å²) in [4.78, 5) is 1.45. The molecule has 27 heavy (non-hydrogen) atoms. The number of rotatable bonds is 19. The van der Waals surface area contributed by atoms with Crippen LogP contribution in [-0.2, 0) is 0 Å². The third-order valence-corrected chi connectivity index (χ3v) is 6.90. The van der Waals surface area contributed by atoms with Gasteiger partial charge in [0.2, 0.25) is 0 Å². The monoisotopic (exact) mass is 390 g/mol. The quantitative estimate of drug-likeness (QED) is 0.167. The highest BCUT2D eigenvalue weighted by Gasteiger charge is 2.09. The van der Waals surface area contributed by atoms with Crippen LogP contribution in [0.3, 0.4) is 0 Å². The lowest BCUT2D eigenvalue weighted by molar-refractivity contribution is 0.436. The summed E-state index contributed by atoms with van der Waals surface area (Å²) < 4.78 is 0. The van der Waals surface area contributed by atoms with Gasteiger partial charge in [0.15, 0.2) is 0 Å². The molecule has 0 aliphatic heterocycles. The minimum atomic E-state index is 0.918. The fourth-order valence-corrected chi connectivity index (χ4v) is 4.93. The zero-order valence-corrected chi connectivity index (χ0v) is 19.2. The Kier molecular flexibility index (Phi) is 17.2. The lowest BCUT2D eigenvalue weighted by atomic mass is 9.95. The minimum absolute atomic E-state index is 0.918. The first-order valence-electron chi connectivity index (χ1n) is 12.0. The molecule has 0 saturated heterocycles. The maximum Gasteiger partial charge on any atom is 0.00720 e. The minimum Gasteiger partial charge on any atom is -0.126 e. The van der Waals surface area contributed by atoms with Gasteiger partial charge in [0.05, 0.1) is 0 Å². The number of hydrogen-bond acceptors (Lipinski definition) is 1. The Morgan fingerprint density at radius 2 is 1.04 bits per heavy atom. The van der Waals surface area contributed by atoms with Crippen molar-refractivity contribution in [1.82, 2.24) is 0 Å². The lowest BCUT2D eigenvalue weighted by Gasteiger charge is -2.17. The van der Waals surface area contributed by atoms with Gasteiger partial charge in [-0.3, -0.25) is 0 Å². The molecule has 0 N–H and O–H groups in total. The van der Waals surface area contributed by atoms with Crippen LogP contribution in [0.15, 0.2) is 35.2 Å². The predicted molar refractivity (Wildman–Crippen MR) is 126 cm³/mol. The number of hydrogen-bond donors (Lipinski definition) is 0. The maximum absolute atomic E-state index is 2.31. The molecular formula is C26H46S. The van der Waals surface area contributed by atoms with Gasteiger partial charge >= 0.3 is 0 Å². The summed E-state index contributed by atoms with van der Waals surface area (Å²) >= 11 is 2.08. The van der Waals surface area contributed by atoms with Crippen LogP contribution in [0.1, 0.15) is 117 Å². The molecule has 0 amide bonds. The topological polar surface area (TPSA) is 0 Å². The zero-order chi connectivity index (χ0) is 19.4. The Labute approximate surface area is 175 Å². The predicted octanol–water partition coefficient (Wildman–Crippen LogP) is 9.68. The number of unbranched alkanes of at least 4 members (excludes halogenated alkanes) is 12. The van der Waals surface area contributed by atoms with Crippen LogP contribution in [0.4, 0.5) is 0 Å². The highest BCUT2D eigenvalue weighted by Crippen LogP contribution is 2.27. The van der Waals surface area contributed by atoms with Crippen molar-refractivity contribution in [2.45, 2.75) is 121 Å². The van der Waals surface area contributed by atoms with Gasteiger partial charge in [-0.25, -0.2) is 0 Å². The molecule has 156 valence electrons. The first-order chi connectivity index (χ1) is 13.4. The van der Waals surface area contributed by atoms with E-state index in [1.807, 2.05) is 0 Å². The Morgan fingerprint density at radius 1 is 0.593 bits per heavy atom. The molecule has 1 unspecified atom stereocenters. The normalized spacial score (nSPS) is 12.4. The molecular weight excluding hydrogens is 344 g/mol. The van der Waals surface area contributed by atoms with Gasteiger partial charge < -0.3 is 0 Å². The van der Waals surface area contributed by atoms with Gasteiger partial charge in [-0.2, -0.15) is 0 Å². The summed E-state index contributed by atoms with van der Waals surface area (Å²) in [5, 5.41) is 0. The molecule has 1 heteroatoms. The maximum atomic E-state index is 2.31. The van der Waals surface area contributed by atoms with Gasteiger partial charge in [-0.1, -0.05) is 122 Å². The molecule has 0 heterocycles. The van der Waals surface area contributed by atoms with Crippen LogP contribution >= 0.6 is 11.8 Å². The van der Waals surface area contributed by atoms with Crippen molar-refractivity contribution in [2.75, 3.05) is 5.75 Å². The van der Waals surface area contributed by atoms with Crippen molar-refractivity contribution < 1.29 is 0 Å². The molecule has 1 aromatic rings. The van der Waals surface area contributed by atoms with Crippen LogP contribution < -0.4 is 0 Å². The van der Waals surface area contributed by atoms with Crippen LogP contribution in [0, 0.1) is 5.92 Å². The molecule has 0 aliphatic carbocycles. The number of thioether (sulfide) groups is 1. The van der Waals surface area contributed by atoms with Crippen LogP contribution in [0.25, 0.3) is 0 Å². The van der Waals surface area contributed by atoms with Gasteiger partial charge in [-0.05, 0) is 30.9 Å². The van der Waals surface area contributed by atoms with E-state index in [9.17, 15) is 0 Å². The van der Waals surface area contributed by atoms with E-state index in [0.29, 0.717) is 0 Å². The van der Waals surface area contributed by atoms with Crippen molar-refractivity contribution in [2.24, 2.45) is 5.92 Å². The lowest BCUT2D eigenvalue weighted by Crippen LogP contribution is -2.04. The summed E-state index contributed by atoms with van der Waals surface area (Å²) in [6.45, 7) is 4.61. The van der Waals surface area contributed by atoms with Crippen molar-refractivity contribution in [1.29, 1.82) is 0 Å². The molecule has 0 aromatic heterocycles. The Morgan fingerprint density at radius 3 is 1.52 bits per heavy atom. The van der Waals surface area contributed by atoms with Crippen molar-refractivity contribution in [3.63, 3.8) is 0 Å². The molecule has 1 atom stereocenters. The van der Waals surface area contributed by atoms with E-state index in [1.165, 1.54) is 113 Å². The molecule has 1 aromatic carbocycles. The molecule has 0 fully saturated rings. The Balaban J connectivity index is 2.19. The first kappa shape index (κ1) is 24.6. The van der Waals surface area contributed by atoms with E-state index in [4.69, 9.17) is 0 Å². The summed E-state index contributed by atoms with van der Waals surface area (Å²) in [6, 6.07) is 11.0. The summed E-state index contributed by atoms with van der Waals surface area (Å²) in [5.41, 5.74) is 0. The number of benzene rings is 1. The van der Waals surface area contributed by atoms with Crippen molar-refractivity contribution >= 4 is 11.8 Å². The van der Waals surface area contributed by atoms with Gasteiger partial charge in [0, 0.05) is 10.6 Å². The molecule has 0 bridgehead atoms. The third kappa shape index (κ3) is 15.2. The Hall–Kier alpha value is -0.430. The van der Waals surface area contributed by atoms with Gasteiger partial charge in [-0.15, -0.1) is 11.8 Å². The highest BCUT2D eigenvalue weighted by atomic mass is 32.2. The SMILES string of the molecule is CCCCCCCCCCC(CCCCCCCC)CSc1ccccc1. The molecule has 0 saturated carbocycles. The van der Waals surface area contributed by atoms with E-state index in [0.717, 1.165) is 5.92 Å². The second-order valence-corrected chi connectivity index (χ2v) is 9.40. The summed E-state index contributed by atoms with van der Waals surface area (Å²) in [6.07, 6.45) is 23.0. The van der Waals surface area contributed by atoms with Crippen molar-refractivity contribution in [3.05, 3.63) is 30.3 Å². The van der Waals surface area contributed by atoms with Gasteiger partial charge in [0.25, 0.3) is 0 Å². The third-order valence-electron chi connectivity index (χ3n) is 5.66. The molecule has 0 radical (unpaired) electrons. The average Bonchev–Trinajstić information content (AvgIpc) is 2.70. The van der Waals surface area contributed by atoms with Crippen LogP contribution in [-0.4, -0.2) is 5.75 Å². The van der Waals surface area contributed by atoms with Gasteiger partial charge in [0.1, 0.15) is 0 Å². The Bertz CT molecular complexity index is 400. The van der Waals surface area contributed by atoms with E-state index >= 15 is 0 Å². The standard InChI is InChI=1S/C26H46S/c1-3-5-7-9-11-12-14-17-21-25(20-16-13-10-8-6-4-2)24-27-26-22-18-15-19-23-26/h15,18-19,22-23,25H,3-14,16-17,20-21,24H2,1-2H3. The molecule has 1 rings (SSSR count). The second kappa shape index (κ2) is 18.9. The van der Waals surface area contributed by atoms with Crippen LogP contribution in [0.5, 0.6) is 0 Å².